The summed E-state index contributed by atoms with van der Waals surface area (Å²) in [5.41, 5.74) is -0.711. The zero-order chi connectivity index (χ0) is 9.31. The van der Waals surface area contributed by atoms with Gasteiger partial charge in [-0.1, -0.05) is 6.42 Å². The first-order valence-electron chi connectivity index (χ1n) is 4.52. The van der Waals surface area contributed by atoms with Gasteiger partial charge in [0.1, 0.15) is 0 Å². The number of alkyl carbamates (subject to hydrolysis) is 1. The summed E-state index contributed by atoms with van der Waals surface area (Å²) in [5, 5.41) is 4.71. The van der Waals surface area contributed by atoms with Crippen molar-refractivity contribution in [2.24, 2.45) is 0 Å². The van der Waals surface area contributed by atoms with Gasteiger partial charge < -0.3 is 4.74 Å². The number of carbonyl (C=O) groups excluding carboxylic acids is 2. The molecule has 2 N–H and O–H groups in total. The van der Waals surface area contributed by atoms with Crippen LogP contribution in [0.5, 0.6) is 0 Å². The largest absolute Gasteiger partial charge is 0.422 e. The van der Waals surface area contributed by atoms with Gasteiger partial charge >= 0.3 is 12.1 Å². The molecule has 0 aromatic rings. The molecule has 0 aromatic carbocycles. The number of ether oxygens (including phenoxy) is 1. The third-order valence-corrected chi connectivity index (χ3v) is 2.51. The van der Waals surface area contributed by atoms with Crippen molar-refractivity contribution >= 4 is 12.1 Å². The van der Waals surface area contributed by atoms with Gasteiger partial charge in [-0.05, 0) is 12.8 Å². The number of amides is 3. The lowest BCUT2D eigenvalue weighted by molar-refractivity contribution is -0.0432. The Morgan fingerprint density at radius 3 is 2.46 bits per heavy atom. The lowest BCUT2D eigenvalue weighted by Gasteiger charge is -2.39. The Balaban J connectivity index is 2.11. The molecule has 0 bridgehead atoms. The maximum atomic E-state index is 11.0. The van der Waals surface area contributed by atoms with E-state index in [0.29, 0.717) is 0 Å². The third-order valence-electron chi connectivity index (χ3n) is 2.51. The van der Waals surface area contributed by atoms with Gasteiger partial charge in [0.25, 0.3) is 0 Å². The van der Waals surface area contributed by atoms with E-state index in [1.165, 1.54) is 0 Å². The quantitative estimate of drug-likeness (QED) is 0.592. The van der Waals surface area contributed by atoms with E-state index in [1.807, 2.05) is 5.32 Å². The molecule has 1 spiro atoms. The number of urea groups is 1. The first-order valence-corrected chi connectivity index (χ1v) is 4.52. The summed E-state index contributed by atoms with van der Waals surface area (Å²) >= 11 is 0. The third kappa shape index (κ3) is 1.59. The Labute approximate surface area is 75.8 Å². The van der Waals surface area contributed by atoms with Crippen molar-refractivity contribution < 1.29 is 14.3 Å². The molecule has 1 aliphatic heterocycles. The van der Waals surface area contributed by atoms with Gasteiger partial charge in [0.2, 0.25) is 0 Å². The second kappa shape index (κ2) is 2.90. The molecule has 1 saturated heterocycles. The average Bonchev–Trinajstić information content (AvgIpc) is 2.02. The topological polar surface area (TPSA) is 67.4 Å². The number of hydrogen-bond acceptors (Lipinski definition) is 3. The Morgan fingerprint density at radius 2 is 1.85 bits per heavy atom. The Bertz CT molecular complexity index is 228. The highest BCUT2D eigenvalue weighted by Gasteiger charge is 2.41. The van der Waals surface area contributed by atoms with Crippen LogP contribution in [0.15, 0.2) is 0 Å². The Morgan fingerprint density at radius 1 is 1.15 bits per heavy atom. The molecule has 2 fully saturated rings. The zero-order valence-corrected chi connectivity index (χ0v) is 7.26. The molecule has 2 aliphatic rings. The Kier molecular flexibility index (Phi) is 1.86. The summed E-state index contributed by atoms with van der Waals surface area (Å²) in [5.74, 6) is 0. The minimum absolute atomic E-state index is 0.446. The smallest absolute Gasteiger partial charge is 0.417 e. The SMILES string of the molecule is O=C1NC(=O)OC2(CCCCC2)N1. The molecule has 13 heavy (non-hydrogen) atoms. The van der Waals surface area contributed by atoms with Crippen LogP contribution in [-0.4, -0.2) is 17.8 Å². The van der Waals surface area contributed by atoms with Gasteiger partial charge in [0, 0.05) is 12.8 Å². The number of nitrogens with one attached hydrogen (secondary N) is 2. The van der Waals surface area contributed by atoms with Crippen LogP contribution in [0.3, 0.4) is 0 Å². The first-order chi connectivity index (χ1) is 6.20. The van der Waals surface area contributed by atoms with Crippen molar-refractivity contribution in [3.05, 3.63) is 0 Å². The molecule has 0 aromatic heterocycles. The second-order valence-corrected chi connectivity index (χ2v) is 3.52. The predicted molar refractivity (Wildman–Crippen MR) is 44.0 cm³/mol. The molecule has 1 heterocycles. The number of carbonyl (C=O) groups is 2. The molecule has 2 rings (SSSR count). The van der Waals surface area contributed by atoms with Crippen LogP contribution >= 0.6 is 0 Å². The lowest BCUT2D eigenvalue weighted by atomic mass is 9.91. The number of rotatable bonds is 0. The standard InChI is InChI=1S/C8H12N2O3/c11-6-9-7(12)13-8(10-6)4-2-1-3-5-8/h1-5H2,(H2,9,10,11,12). The van der Waals surface area contributed by atoms with Crippen molar-refractivity contribution in [3.8, 4) is 0 Å². The fraction of sp³-hybridized carbons (Fsp3) is 0.750. The molecule has 3 amide bonds. The molecule has 0 unspecified atom stereocenters. The fourth-order valence-corrected chi connectivity index (χ4v) is 1.91. The molecule has 0 atom stereocenters. The van der Waals surface area contributed by atoms with Crippen molar-refractivity contribution in [1.29, 1.82) is 0 Å². The summed E-state index contributed by atoms with van der Waals surface area (Å²) in [7, 11) is 0. The van der Waals surface area contributed by atoms with Crippen LogP contribution in [0.2, 0.25) is 0 Å². The summed E-state index contributed by atoms with van der Waals surface area (Å²) in [6.45, 7) is 0. The van der Waals surface area contributed by atoms with Crippen LogP contribution < -0.4 is 10.6 Å². The zero-order valence-electron chi connectivity index (χ0n) is 7.26. The first kappa shape index (κ1) is 8.34. The van der Waals surface area contributed by atoms with E-state index in [-0.39, 0.29) is 0 Å². The van der Waals surface area contributed by atoms with E-state index in [2.05, 4.69) is 5.32 Å². The van der Waals surface area contributed by atoms with Gasteiger partial charge in [0.05, 0.1) is 0 Å². The number of imide groups is 1. The minimum atomic E-state index is -0.711. The van der Waals surface area contributed by atoms with E-state index in [9.17, 15) is 9.59 Å². The summed E-state index contributed by atoms with van der Waals surface area (Å²) in [6.07, 6.45) is 3.95. The van der Waals surface area contributed by atoms with Gasteiger partial charge in [-0.15, -0.1) is 0 Å². The van der Waals surface area contributed by atoms with Crippen molar-refractivity contribution in [2.75, 3.05) is 0 Å². The molecule has 1 aliphatic carbocycles. The van der Waals surface area contributed by atoms with E-state index < -0.39 is 17.8 Å². The number of hydrogen-bond donors (Lipinski definition) is 2. The fourth-order valence-electron chi connectivity index (χ4n) is 1.91. The summed E-state index contributed by atoms with van der Waals surface area (Å²) in [4.78, 5) is 22.0. The maximum Gasteiger partial charge on any atom is 0.417 e. The van der Waals surface area contributed by atoms with Crippen LogP contribution in [0.1, 0.15) is 32.1 Å². The van der Waals surface area contributed by atoms with Gasteiger partial charge in [-0.25, -0.2) is 14.9 Å². The maximum absolute atomic E-state index is 11.0. The van der Waals surface area contributed by atoms with E-state index in [4.69, 9.17) is 4.74 Å². The molecular formula is C8H12N2O3. The van der Waals surface area contributed by atoms with E-state index in [0.717, 1.165) is 32.1 Å². The molecule has 0 radical (unpaired) electrons. The molecule has 1 saturated carbocycles. The monoisotopic (exact) mass is 184 g/mol. The molecule has 5 heteroatoms. The van der Waals surface area contributed by atoms with Crippen LogP contribution in [0.25, 0.3) is 0 Å². The van der Waals surface area contributed by atoms with Crippen LogP contribution in [0, 0.1) is 0 Å². The molecule has 72 valence electrons. The second-order valence-electron chi connectivity index (χ2n) is 3.52. The Hall–Kier alpha value is -1.26. The normalized spacial score (nSPS) is 26.2. The van der Waals surface area contributed by atoms with Crippen molar-refractivity contribution in [2.45, 2.75) is 37.8 Å². The van der Waals surface area contributed by atoms with Crippen molar-refractivity contribution in [3.63, 3.8) is 0 Å². The highest BCUT2D eigenvalue weighted by molar-refractivity contribution is 5.93. The van der Waals surface area contributed by atoms with Gasteiger partial charge in [-0.2, -0.15) is 0 Å². The lowest BCUT2D eigenvalue weighted by Crippen LogP contribution is -2.62. The van der Waals surface area contributed by atoms with Gasteiger partial charge in [-0.3, -0.25) is 5.32 Å². The highest BCUT2D eigenvalue weighted by Crippen LogP contribution is 2.30. The predicted octanol–water partition coefficient (Wildman–Crippen LogP) is 1.10. The van der Waals surface area contributed by atoms with Crippen molar-refractivity contribution in [1.82, 2.24) is 10.6 Å². The summed E-state index contributed by atoms with van der Waals surface area (Å²) in [6, 6.07) is -0.446. The molecular weight excluding hydrogens is 172 g/mol. The minimum Gasteiger partial charge on any atom is -0.422 e. The molecule has 5 nitrogen and oxygen atoms in total. The van der Waals surface area contributed by atoms with Crippen LogP contribution in [-0.2, 0) is 4.74 Å². The van der Waals surface area contributed by atoms with E-state index in [1.54, 1.807) is 0 Å². The van der Waals surface area contributed by atoms with E-state index >= 15 is 0 Å². The highest BCUT2D eigenvalue weighted by atomic mass is 16.6. The van der Waals surface area contributed by atoms with Crippen LogP contribution in [0.4, 0.5) is 9.59 Å². The summed E-state index contributed by atoms with van der Waals surface area (Å²) < 4.78 is 5.10. The van der Waals surface area contributed by atoms with Gasteiger partial charge in [0.15, 0.2) is 5.72 Å². The average molecular weight is 184 g/mol.